The minimum absolute atomic E-state index is 0.0430. The molecule has 3 aromatic rings. The maximum absolute atomic E-state index is 12.3. The zero-order valence-corrected chi connectivity index (χ0v) is 16.9. The normalized spacial score (nSPS) is 15.6. The van der Waals surface area contributed by atoms with Crippen LogP contribution >= 0.6 is 11.3 Å². The van der Waals surface area contributed by atoms with E-state index in [1.54, 1.807) is 6.26 Å². The highest BCUT2D eigenvalue weighted by molar-refractivity contribution is 7.14. The molecule has 0 aliphatic carbocycles. The second kappa shape index (κ2) is 8.73. The molecule has 0 saturated carbocycles. The van der Waals surface area contributed by atoms with Gasteiger partial charge in [-0.25, -0.2) is 0 Å². The van der Waals surface area contributed by atoms with Gasteiger partial charge in [0, 0.05) is 43.3 Å². The largest absolute Gasteiger partial charge is 0.468 e. The van der Waals surface area contributed by atoms with E-state index in [4.69, 9.17) is 4.42 Å². The zero-order chi connectivity index (χ0) is 19.3. The van der Waals surface area contributed by atoms with Crippen molar-refractivity contribution in [2.45, 2.75) is 20.0 Å². The van der Waals surface area contributed by atoms with E-state index in [0.717, 1.165) is 60.5 Å². The number of piperazine rings is 1. The predicted molar refractivity (Wildman–Crippen MR) is 113 cm³/mol. The highest BCUT2D eigenvalue weighted by Gasteiger charge is 2.18. The number of hydrogen-bond donors (Lipinski definition) is 1. The van der Waals surface area contributed by atoms with Crippen LogP contribution in [0.4, 0.5) is 5.69 Å². The summed E-state index contributed by atoms with van der Waals surface area (Å²) >= 11 is 1.51. The van der Waals surface area contributed by atoms with E-state index in [-0.39, 0.29) is 5.91 Å². The number of nitrogens with one attached hydrogen (secondary N) is 1. The summed E-state index contributed by atoms with van der Waals surface area (Å²) in [6.45, 7) is 8.04. The Morgan fingerprint density at radius 3 is 2.32 bits per heavy atom. The second-order valence-electron chi connectivity index (χ2n) is 7.19. The smallest absolute Gasteiger partial charge is 0.265 e. The van der Waals surface area contributed by atoms with Crippen LogP contribution in [-0.2, 0) is 13.1 Å². The van der Waals surface area contributed by atoms with Gasteiger partial charge < -0.3 is 9.73 Å². The Kier molecular flexibility index (Phi) is 5.90. The zero-order valence-electron chi connectivity index (χ0n) is 16.1. The molecule has 1 amide bonds. The molecule has 0 bridgehead atoms. The van der Waals surface area contributed by atoms with Gasteiger partial charge in [0.05, 0.1) is 17.7 Å². The van der Waals surface area contributed by atoms with Crippen LogP contribution in [0.2, 0.25) is 0 Å². The van der Waals surface area contributed by atoms with E-state index in [0.29, 0.717) is 0 Å². The van der Waals surface area contributed by atoms with Crippen molar-refractivity contribution in [2.24, 2.45) is 0 Å². The minimum Gasteiger partial charge on any atom is -0.468 e. The molecule has 2 aromatic heterocycles. The molecule has 0 radical (unpaired) electrons. The number of nitrogens with zero attached hydrogens (tertiary/aromatic N) is 2. The summed E-state index contributed by atoms with van der Waals surface area (Å²) in [4.78, 5) is 19.0. The first-order chi connectivity index (χ1) is 13.7. The summed E-state index contributed by atoms with van der Waals surface area (Å²) in [6.07, 6.45) is 1.74. The standard InChI is InChI=1S/C22H25N3O2S/c1-17-4-9-21(28-17)22(26)23-19-7-5-18(6-8-19)15-24-10-12-25(13-11-24)16-20-3-2-14-27-20/h2-9,14H,10-13,15-16H2,1H3,(H,23,26). The van der Waals surface area contributed by atoms with E-state index >= 15 is 0 Å². The highest BCUT2D eigenvalue weighted by atomic mass is 32.1. The summed E-state index contributed by atoms with van der Waals surface area (Å²) in [7, 11) is 0. The van der Waals surface area contributed by atoms with Crippen LogP contribution in [0.5, 0.6) is 0 Å². The monoisotopic (exact) mass is 395 g/mol. The van der Waals surface area contributed by atoms with Gasteiger partial charge in [0.25, 0.3) is 5.91 Å². The molecule has 3 heterocycles. The summed E-state index contributed by atoms with van der Waals surface area (Å²) in [5, 5.41) is 2.97. The van der Waals surface area contributed by atoms with Crippen molar-refractivity contribution < 1.29 is 9.21 Å². The molecule has 1 aliphatic rings. The third-order valence-corrected chi connectivity index (χ3v) is 6.01. The van der Waals surface area contributed by atoms with Crippen LogP contribution in [0, 0.1) is 6.92 Å². The Morgan fingerprint density at radius 2 is 1.71 bits per heavy atom. The fourth-order valence-corrected chi connectivity index (χ4v) is 4.19. The molecule has 146 valence electrons. The number of amides is 1. The van der Waals surface area contributed by atoms with E-state index in [1.165, 1.54) is 16.9 Å². The number of carbonyl (C=O) groups is 1. The van der Waals surface area contributed by atoms with Gasteiger partial charge in [0.2, 0.25) is 0 Å². The number of aryl methyl sites for hydroxylation is 1. The third kappa shape index (κ3) is 4.90. The number of hydrogen-bond acceptors (Lipinski definition) is 5. The molecule has 4 rings (SSSR count). The van der Waals surface area contributed by atoms with Gasteiger partial charge in [-0.3, -0.25) is 14.6 Å². The summed E-state index contributed by atoms with van der Waals surface area (Å²) < 4.78 is 5.44. The maximum atomic E-state index is 12.3. The lowest BCUT2D eigenvalue weighted by Gasteiger charge is -2.34. The van der Waals surface area contributed by atoms with E-state index in [1.807, 2.05) is 43.3 Å². The minimum atomic E-state index is -0.0430. The number of rotatable bonds is 6. The Morgan fingerprint density at radius 1 is 1.00 bits per heavy atom. The predicted octanol–water partition coefficient (Wildman–Crippen LogP) is 4.22. The van der Waals surface area contributed by atoms with Crippen molar-refractivity contribution in [1.29, 1.82) is 0 Å². The number of anilines is 1. The number of carbonyl (C=O) groups excluding carboxylic acids is 1. The lowest BCUT2D eigenvalue weighted by Crippen LogP contribution is -2.45. The van der Waals surface area contributed by atoms with Crippen LogP contribution in [0.15, 0.2) is 59.2 Å². The molecule has 1 fully saturated rings. The van der Waals surface area contributed by atoms with Crippen molar-refractivity contribution in [3.63, 3.8) is 0 Å². The van der Waals surface area contributed by atoms with Crippen LogP contribution < -0.4 is 5.32 Å². The Labute approximate surface area is 169 Å². The molecule has 5 nitrogen and oxygen atoms in total. The van der Waals surface area contributed by atoms with E-state index < -0.39 is 0 Å². The van der Waals surface area contributed by atoms with Crippen molar-refractivity contribution in [3.8, 4) is 0 Å². The van der Waals surface area contributed by atoms with Gasteiger partial charge in [-0.15, -0.1) is 11.3 Å². The molecular formula is C22H25N3O2S. The van der Waals surface area contributed by atoms with Crippen LogP contribution in [0.3, 0.4) is 0 Å². The Bertz CT molecular complexity index is 894. The van der Waals surface area contributed by atoms with E-state index in [9.17, 15) is 4.79 Å². The van der Waals surface area contributed by atoms with Crippen LogP contribution in [0.1, 0.15) is 25.9 Å². The van der Waals surface area contributed by atoms with Gasteiger partial charge in [-0.1, -0.05) is 12.1 Å². The summed E-state index contributed by atoms with van der Waals surface area (Å²) in [5.74, 6) is 0.988. The fourth-order valence-electron chi connectivity index (χ4n) is 3.43. The number of benzene rings is 1. The van der Waals surface area contributed by atoms with Gasteiger partial charge >= 0.3 is 0 Å². The molecule has 1 saturated heterocycles. The van der Waals surface area contributed by atoms with Crippen LogP contribution in [-0.4, -0.2) is 41.9 Å². The molecule has 0 unspecified atom stereocenters. The van der Waals surface area contributed by atoms with Gasteiger partial charge in [0.15, 0.2) is 0 Å². The molecule has 6 heteroatoms. The van der Waals surface area contributed by atoms with Crippen molar-refractivity contribution in [2.75, 3.05) is 31.5 Å². The second-order valence-corrected chi connectivity index (χ2v) is 8.48. The number of thiophene rings is 1. The Hall–Kier alpha value is -2.41. The van der Waals surface area contributed by atoms with Gasteiger partial charge in [-0.05, 0) is 48.9 Å². The highest BCUT2D eigenvalue weighted by Crippen LogP contribution is 2.18. The average molecular weight is 396 g/mol. The first kappa shape index (κ1) is 18.9. The fraction of sp³-hybridized carbons (Fsp3) is 0.318. The summed E-state index contributed by atoms with van der Waals surface area (Å²) in [5.41, 5.74) is 2.10. The molecule has 1 N–H and O–H groups in total. The molecule has 28 heavy (non-hydrogen) atoms. The van der Waals surface area contributed by atoms with Crippen molar-refractivity contribution in [1.82, 2.24) is 9.80 Å². The van der Waals surface area contributed by atoms with Gasteiger partial charge in [-0.2, -0.15) is 0 Å². The molecule has 1 aromatic carbocycles. The van der Waals surface area contributed by atoms with Crippen molar-refractivity contribution >= 4 is 22.9 Å². The Balaban J connectivity index is 1.25. The van der Waals surface area contributed by atoms with E-state index in [2.05, 4.69) is 27.2 Å². The summed E-state index contributed by atoms with van der Waals surface area (Å²) in [6, 6.07) is 16.0. The molecule has 0 spiro atoms. The van der Waals surface area contributed by atoms with Gasteiger partial charge in [0.1, 0.15) is 5.76 Å². The third-order valence-electron chi connectivity index (χ3n) is 5.01. The SMILES string of the molecule is Cc1ccc(C(=O)Nc2ccc(CN3CCN(Cc4ccco4)CC3)cc2)s1. The quantitative estimate of drug-likeness (QED) is 0.679. The van der Waals surface area contributed by atoms with Crippen molar-refractivity contribution in [3.05, 3.63) is 75.9 Å². The number of furan rings is 1. The average Bonchev–Trinajstić information content (AvgIpc) is 3.37. The first-order valence-corrected chi connectivity index (χ1v) is 10.4. The first-order valence-electron chi connectivity index (χ1n) is 9.59. The molecular weight excluding hydrogens is 370 g/mol. The topological polar surface area (TPSA) is 48.7 Å². The lowest BCUT2D eigenvalue weighted by atomic mass is 10.1. The lowest BCUT2D eigenvalue weighted by molar-refractivity contribution is 0.103. The molecule has 1 aliphatic heterocycles. The maximum Gasteiger partial charge on any atom is 0.265 e. The molecule has 0 atom stereocenters. The van der Waals surface area contributed by atoms with Crippen LogP contribution in [0.25, 0.3) is 0 Å².